The third-order valence-corrected chi connectivity index (χ3v) is 2.33. The second-order valence-electron chi connectivity index (χ2n) is 3.15. The van der Waals surface area contributed by atoms with Crippen molar-refractivity contribution in [3.8, 4) is 0 Å². The second kappa shape index (κ2) is 3.56. The topological polar surface area (TPSA) is 66.4 Å². The summed E-state index contributed by atoms with van der Waals surface area (Å²) in [5, 5.41) is 11.3. The Morgan fingerprint density at radius 2 is 2.42 bits per heavy atom. The van der Waals surface area contributed by atoms with Crippen molar-refractivity contribution in [3.05, 3.63) is 0 Å². The monoisotopic (exact) mass is 171 g/mol. The molecule has 12 heavy (non-hydrogen) atoms. The number of nitrogens with one attached hydrogen (secondary N) is 1. The molecule has 0 aliphatic carbocycles. The van der Waals surface area contributed by atoms with Crippen LogP contribution in [0.5, 0.6) is 0 Å². The van der Waals surface area contributed by atoms with E-state index < -0.39 is 11.9 Å². The quantitative estimate of drug-likeness (QED) is 0.584. The predicted octanol–water partition coefficient (Wildman–Crippen LogP) is 0.233. The maximum Gasteiger partial charge on any atom is 0.316 e. The first-order chi connectivity index (χ1) is 5.65. The number of aliphatic carboxylic acids is 1. The molecular formula is C8H13NO3. The average Bonchev–Trinajstić information content (AvgIpc) is 2.05. The van der Waals surface area contributed by atoms with Crippen LogP contribution in [0.4, 0.5) is 0 Å². The van der Waals surface area contributed by atoms with E-state index in [9.17, 15) is 9.59 Å². The summed E-state index contributed by atoms with van der Waals surface area (Å²) >= 11 is 0. The van der Waals surface area contributed by atoms with Crippen molar-refractivity contribution < 1.29 is 14.7 Å². The summed E-state index contributed by atoms with van der Waals surface area (Å²) in [6.07, 6.45) is 1.40. The fourth-order valence-corrected chi connectivity index (χ4v) is 1.42. The summed E-state index contributed by atoms with van der Waals surface area (Å²) in [7, 11) is 0. The van der Waals surface area contributed by atoms with E-state index in [-0.39, 0.29) is 5.91 Å². The lowest BCUT2D eigenvalue weighted by molar-refractivity contribution is -0.149. The van der Waals surface area contributed by atoms with Gasteiger partial charge in [0.25, 0.3) is 0 Å². The molecular weight excluding hydrogens is 158 g/mol. The van der Waals surface area contributed by atoms with E-state index in [1.54, 1.807) is 0 Å². The first kappa shape index (κ1) is 9.03. The van der Waals surface area contributed by atoms with Crippen LogP contribution in [-0.4, -0.2) is 23.5 Å². The van der Waals surface area contributed by atoms with Gasteiger partial charge in [0.1, 0.15) is 5.92 Å². The summed E-state index contributed by atoms with van der Waals surface area (Å²) in [6, 6.07) is 0. The number of carboxylic acids is 1. The van der Waals surface area contributed by atoms with Crippen molar-refractivity contribution in [2.75, 3.05) is 6.54 Å². The van der Waals surface area contributed by atoms with Gasteiger partial charge in [-0.15, -0.1) is 0 Å². The lowest BCUT2D eigenvalue weighted by atomic mass is 9.88. The number of amides is 1. The largest absolute Gasteiger partial charge is 0.481 e. The molecule has 68 valence electrons. The summed E-state index contributed by atoms with van der Waals surface area (Å²) in [5.41, 5.74) is 0. The molecule has 0 radical (unpaired) electrons. The van der Waals surface area contributed by atoms with E-state index in [1.807, 2.05) is 6.92 Å². The highest BCUT2D eigenvalue weighted by molar-refractivity contribution is 5.97. The third kappa shape index (κ3) is 1.75. The minimum Gasteiger partial charge on any atom is -0.481 e. The molecule has 1 saturated heterocycles. The fraction of sp³-hybridized carbons (Fsp3) is 0.750. The molecule has 0 aromatic carbocycles. The Balaban J connectivity index is 2.59. The smallest absolute Gasteiger partial charge is 0.316 e. The van der Waals surface area contributed by atoms with Gasteiger partial charge in [-0.05, 0) is 12.3 Å². The molecule has 0 spiro atoms. The van der Waals surface area contributed by atoms with Crippen molar-refractivity contribution >= 4 is 11.9 Å². The number of carbonyl (C=O) groups excluding carboxylic acids is 1. The van der Waals surface area contributed by atoms with Crippen LogP contribution < -0.4 is 5.32 Å². The minimum absolute atomic E-state index is 0.323. The average molecular weight is 171 g/mol. The Kier molecular flexibility index (Phi) is 2.68. The molecule has 0 aromatic heterocycles. The first-order valence-electron chi connectivity index (χ1n) is 4.15. The fourth-order valence-electron chi connectivity index (χ4n) is 1.42. The van der Waals surface area contributed by atoms with Crippen LogP contribution in [0.25, 0.3) is 0 Å². The van der Waals surface area contributed by atoms with Crippen LogP contribution in [0.3, 0.4) is 0 Å². The molecule has 0 saturated carbocycles. The predicted molar refractivity (Wildman–Crippen MR) is 42.5 cm³/mol. The zero-order valence-electron chi connectivity index (χ0n) is 7.04. The van der Waals surface area contributed by atoms with Gasteiger partial charge in [-0.3, -0.25) is 9.59 Å². The van der Waals surface area contributed by atoms with Gasteiger partial charge in [-0.25, -0.2) is 0 Å². The van der Waals surface area contributed by atoms with Gasteiger partial charge in [0.15, 0.2) is 0 Å². The SMILES string of the molecule is CC[C@H]1CNC(=O)[C@@H](C(=O)O)C1. The molecule has 0 bridgehead atoms. The molecule has 1 heterocycles. The van der Waals surface area contributed by atoms with Crippen molar-refractivity contribution in [2.45, 2.75) is 19.8 Å². The Bertz CT molecular complexity index is 202. The lowest BCUT2D eigenvalue weighted by Gasteiger charge is -2.25. The molecule has 1 aliphatic heterocycles. The zero-order chi connectivity index (χ0) is 9.14. The Labute approximate surface area is 71.0 Å². The Morgan fingerprint density at radius 1 is 1.75 bits per heavy atom. The van der Waals surface area contributed by atoms with E-state index in [1.165, 1.54) is 0 Å². The number of hydrogen-bond donors (Lipinski definition) is 2. The molecule has 1 aliphatic rings. The number of rotatable bonds is 2. The second-order valence-corrected chi connectivity index (χ2v) is 3.15. The molecule has 1 amide bonds. The van der Waals surface area contributed by atoms with Gasteiger partial charge >= 0.3 is 5.97 Å². The van der Waals surface area contributed by atoms with Crippen LogP contribution in [0.15, 0.2) is 0 Å². The van der Waals surface area contributed by atoms with Crippen molar-refractivity contribution in [2.24, 2.45) is 11.8 Å². The number of piperidine rings is 1. The van der Waals surface area contributed by atoms with Crippen molar-refractivity contribution in [1.82, 2.24) is 5.32 Å². The van der Waals surface area contributed by atoms with Crippen LogP contribution >= 0.6 is 0 Å². The normalized spacial score (nSPS) is 29.6. The van der Waals surface area contributed by atoms with Gasteiger partial charge in [-0.2, -0.15) is 0 Å². The van der Waals surface area contributed by atoms with Gasteiger partial charge in [0.05, 0.1) is 0 Å². The highest BCUT2D eigenvalue weighted by Crippen LogP contribution is 2.19. The van der Waals surface area contributed by atoms with E-state index in [0.717, 1.165) is 6.42 Å². The Morgan fingerprint density at radius 3 is 2.92 bits per heavy atom. The Hall–Kier alpha value is -1.06. The zero-order valence-corrected chi connectivity index (χ0v) is 7.04. The van der Waals surface area contributed by atoms with Crippen molar-refractivity contribution in [1.29, 1.82) is 0 Å². The van der Waals surface area contributed by atoms with Gasteiger partial charge in [0.2, 0.25) is 5.91 Å². The highest BCUT2D eigenvalue weighted by Gasteiger charge is 2.32. The van der Waals surface area contributed by atoms with Gasteiger partial charge in [0, 0.05) is 6.54 Å². The lowest BCUT2D eigenvalue weighted by Crippen LogP contribution is -2.44. The van der Waals surface area contributed by atoms with Crippen LogP contribution in [0.1, 0.15) is 19.8 Å². The van der Waals surface area contributed by atoms with Gasteiger partial charge in [-0.1, -0.05) is 13.3 Å². The maximum atomic E-state index is 11.0. The number of carboxylic acid groups (broad SMARTS) is 1. The number of hydrogen-bond acceptors (Lipinski definition) is 2. The van der Waals surface area contributed by atoms with Gasteiger partial charge < -0.3 is 10.4 Å². The molecule has 2 N–H and O–H groups in total. The van der Waals surface area contributed by atoms with Crippen LogP contribution in [-0.2, 0) is 9.59 Å². The van der Waals surface area contributed by atoms with E-state index in [2.05, 4.69) is 5.32 Å². The third-order valence-electron chi connectivity index (χ3n) is 2.33. The summed E-state index contributed by atoms with van der Waals surface area (Å²) in [5.74, 6) is -1.86. The highest BCUT2D eigenvalue weighted by atomic mass is 16.4. The summed E-state index contributed by atoms with van der Waals surface area (Å²) < 4.78 is 0. The number of carbonyl (C=O) groups is 2. The van der Waals surface area contributed by atoms with Crippen LogP contribution in [0.2, 0.25) is 0 Å². The molecule has 2 atom stereocenters. The molecule has 0 unspecified atom stereocenters. The molecule has 1 fully saturated rings. The van der Waals surface area contributed by atoms with E-state index in [0.29, 0.717) is 18.9 Å². The molecule has 4 nitrogen and oxygen atoms in total. The maximum absolute atomic E-state index is 11.0. The van der Waals surface area contributed by atoms with E-state index >= 15 is 0 Å². The van der Waals surface area contributed by atoms with Crippen molar-refractivity contribution in [3.63, 3.8) is 0 Å². The molecule has 0 aromatic rings. The van der Waals surface area contributed by atoms with E-state index in [4.69, 9.17) is 5.11 Å². The molecule has 4 heteroatoms. The van der Waals surface area contributed by atoms with Crippen LogP contribution in [0, 0.1) is 11.8 Å². The standard InChI is InChI=1S/C8H13NO3/c1-2-5-3-6(8(11)12)7(10)9-4-5/h5-6H,2-4H2,1H3,(H,9,10)(H,11,12)/t5-,6+/m1/s1. The summed E-state index contributed by atoms with van der Waals surface area (Å²) in [4.78, 5) is 21.6. The first-order valence-corrected chi connectivity index (χ1v) is 4.15. The summed E-state index contributed by atoms with van der Waals surface area (Å²) in [6.45, 7) is 2.63. The minimum atomic E-state index is -1.01. The molecule has 1 rings (SSSR count).